The average Bonchev–Trinajstić information content (AvgIpc) is 3.02. The molecule has 0 radical (unpaired) electrons. The molecule has 248 valence electrons. The Hall–Kier alpha value is -1.74. The van der Waals surface area contributed by atoms with E-state index in [4.69, 9.17) is 59.0 Å². The largest absolute Gasteiger partial charge is 0.487 e. The maximum absolute atomic E-state index is 12.3. The summed E-state index contributed by atoms with van der Waals surface area (Å²) in [6.07, 6.45) is 4.44. The number of carbonyl (C=O) groups is 1. The third-order valence-corrected chi connectivity index (χ3v) is 6.10. The van der Waals surface area contributed by atoms with Gasteiger partial charge in [-0.15, -0.1) is 11.6 Å². The van der Waals surface area contributed by atoms with Gasteiger partial charge < -0.3 is 52.7 Å². The first-order valence-electron chi connectivity index (χ1n) is 15.2. The number of benzene rings is 1. The van der Waals surface area contributed by atoms with Gasteiger partial charge in [0.2, 0.25) is 5.91 Å². The lowest BCUT2D eigenvalue weighted by atomic mass is 10.2. The van der Waals surface area contributed by atoms with Crippen LogP contribution in [0, 0.1) is 0 Å². The maximum atomic E-state index is 12.3. The van der Waals surface area contributed by atoms with E-state index in [-0.39, 0.29) is 19.1 Å². The lowest BCUT2D eigenvalue weighted by Gasteiger charge is -2.15. The summed E-state index contributed by atoms with van der Waals surface area (Å²) in [4.78, 5) is 12.3. The minimum absolute atomic E-state index is 0.101. The van der Waals surface area contributed by atoms with Crippen molar-refractivity contribution in [2.24, 2.45) is 0 Å². The number of hydrogen-bond acceptors (Lipinski definition) is 11. The van der Waals surface area contributed by atoms with Crippen LogP contribution in [0.15, 0.2) is 18.2 Å². The first kappa shape index (κ1) is 37.4. The zero-order chi connectivity index (χ0) is 30.5. The summed E-state index contributed by atoms with van der Waals surface area (Å²) in [6.45, 7) is 7.86. The molecule has 1 aliphatic heterocycles. The zero-order valence-corrected chi connectivity index (χ0v) is 26.1. The van der Waals surface area contributed by atoms with Crippen molar-refractivity contribution in [1.82, 2.24) is 0 Å². The van der Waals surface area contributed by atoms with Crippen LogP contribution in [-0.2, 0) is 42.7 Å². The van der Waals surface area contributed by atoms with Crippen LogP contribution in [0.2, 0.25) is 0 Å². The maximum Gasteiger partial charge on any atom is 0.250 e. The Bertz CT molecular complexity index is 805. The van der Waals surface area contributed by atoms with Crippen molar-refractivity contribution in [3.63, 3.8) is 0 Å². The molecule has 1 heterocycles. The van der Waals surface area contributed by atoms with Crippen LogP contribution in [0.25, 0.3) is 0 Å². The van der Waals surface area contributed by atoms with Gasteiger partial charge in [-0.3, -0.25) is 4.79 Å². The summed E-state index contributed by atoms with van der Waals surface area (Å²) in [7, 11) is 0. The fourth-order valence-corrected chi connectivity index (χ4v) is 3.86. The second-order valence-corrected chi connectivity index (χ2v) is 9.73. The van der Waals surface area contributed by atoms with Gasteiger partial charge in [-0.05, 0) is 25.0 Å². The molecule has 0 aliphatic carbocycles. The summed E-state index contributed by atoms with van der Waals surface area (Å²) in [5.41, 5.74) is 0.568. The number of anilines is 1. The highest BCUT2D eigenvalue weighted by atomic mass is 35.5. The first-order valence-corrected chi connectivity index (χ1v) is 15.7. The van der Waals surface area contributed by atoms with Gasteiger partial charge in [0.25, 0.3) is 0 Å². The number of ether oxygens (including phenoxy) is 10. The van der Waals surface area contributed by atoms with Crippen LogP contribution < -0.4 is 14.8 Å². The quantitative estimate of drug-likeness (QED) is 0.158. The Labute approximate surface area is 260 Å². The van der Waals surface area contributed by atoms with Gasteiger partial charge in [-0.1, -0.05) is 12.8 Å². The summed E-state index contributed by atoms with van der Waals surface area (Å²) in [5.74, 6) is 1.51. The van der Waals surface area contributed by atoms with Crippen molar-refractivity contribution in [2.75, 3.05) is 130 Å². The van der Waals surface area contributed by atoms with E-state index in [0.29, 0.717) is 116 Å². The topological polar surface area (TPSA) is 121 Å². The number of carbonyl (C=O) groups excluding carboxylic acids is 1. The highest BCUT2D eigenvalue weighted by Gasteiger charge is 2.10. The molecule has 1 amide bonds. The lowest BCUT2D eigenvalue weighted by Crippen LogP contribution is -2.20. The second-order valence-electron chi connectivity index (χ2n) is 9.35. The Balaban J connectivity index is 1.47. The fraction of sp³-hybridized carbons (Fsp3) is 0.767. The van der Waals surface area contributed by atoms with Gasteiger partial charge in [0.1, 0.15) is 19.8 Å². The minimum atomic E-state index is -0.286. The van der Waals surface area contributed by atoms with Crippen LogP contribution in [0.1, 0.15) is 25.7 Å². The number of unbranched alkanes of at least 4 members (excludes halogenated alkanes) is 3. The Morgan fingerprint density at radius 3 is 1.67 bits per heavy atom. The molecule has 0 atom stereocenters. The summed E-state index contributed by atoms with van der Waals surface area (Å²) < 4.78 is 55.4. The van der Waals surface area contributed by atoms with E-state index < -0.39 is 0 Å². The third-order valence-electron chi connectivity index (χ3n) is 5.84. The molecule has 0 aromatic heterocycles. The predicted octanol–water partition coefficient (Wildman–Crippen LogP) is 3.33. The van der Waals surface area contributed by atoms with Gasteiger partial charge in [0.05, 0.1) is 92.5 Å². The Morgan fingerprint density at radius 2 is 1.09 bits per heavy atom. The van der Waals surface area contributed by atoms with E-state index >= 15 is 0 Å². The Kier molecular flexibility index (Phi) is 24.2. The lowest BCUT2D eigenvalue weighted by molar-refractivity contribution is -0.121. The SMILES string of the molecule is O=C(COCCOCCOCCOCCOCCCCCCCl)Nc1ccc2c(c1)OCCOCCOCCOCCO2. The van der Waals surface area contributed by atoms with E-state index in [1.807, 2.05) is 0 Å². The van der Waals surface area contributed by atoms with Crippen LogP contribution in [0.3, 0.4) is 0 Å². The molecule has 1 aliphatic rings. The molecular weight excluding hydrogens is 586 g/mol. The zero-order valence-electron chi connectivity index (χ0n) is 25.4. The van der Waals surface area contributed by atoms with Gasteiger partial charge >= 0.3 is 0 Å². The van der Waals surface area contributed by atoms with Crippen molar-refractivity contribution in [2.45, 2.75) is 25.7 Å². The van der Waals surface area contributed by atoms with Crippen LogP contribution in [-0.4, -0.2) is 131 Å². The normalized spacial score (nSPS) is 15.0. The van der Waals surface area contributed by atoms with Crippen LogP contribution >= 0.6 is 11.6 Å². The number of halogens is 1. The molecule has 1 N–H and O–H groups in total. The van der Waals surface area contributed by atoms with Gasteiger partial charge in [-0.2, -0.15) is 0 Å². The van der Waals surface area contributed by atoms with Crippen molar-refractivity contribution >= 4 is 23.2 Å². The molecule has 0 bridgehead atoms. The van der Waals surface area contributed by atoms with E-state index in [1.54, 1.807) is 18.2 Å². The number of hydrogen-bond donors (Lipinski definition) is 1. The smallest absolute Gasteiger partial charge is 0.250 e. The first-order chi connectivity index (χ1) is 21.3. The van der Waals surface area contributed by atoms with E-state index in [2.05, 4.69) is 5.32 Å². The molecule has 0 unspecified atom stereocenters. The monoisotopic (exact) mass is 635 g/mol. The molecule has 1 aromatic carbocycles. The van der Waals surface area contributed by atoms with Crippen molar-refractivity contribution in [1.29, 1.82) is 0 Å². The third kappa shape index (κ3) is 21.6. The van der Waals surface area contributed by atoms with E-state index in [0.717, 1.165) is 38.2 Å². The molecule has 0 spiro atoms. The van der Waals surface area contributed by atoms with Crippen molar-refractivity contribution in [3.05, 3.63) is 18.2 Å². The van der Waals surface area contributed by atoms with Crippen molar-refractivity contribution in [3.8, 4) is 11.5 Å². The number of nitrogens with one attached hydrogen (secondary N) is 1. The van der Waals surface area contributed by atoms with Gasteiger partial charge in [0, 0.05) is 24.2 Å². The molecule has 13 heteroatoms. The fourth-order valence-electron chi connectivity index (χ4n) is 3.67. The van der Waals surface area contributed by atoms with Gasteiger partial charge in [0.15, 0.2) is 11.5 Å². The number of alkyl halides is 1. The number of rotatable bonds is 21. The minimum Gasteiger partial charge on any atom is -0.487 e. The predicted molar refractivity (Wildman–Crippen MR) is 162 cm³/mol. The van der Waals surface area contributed by atoms with Crippen molar-refractivity contribution < 1.29 is 52.2 Å². The number of fused-ring (bicyclic) bond motifs is 1. The molecule has 1 aromatic rings. The standard InChI is InChI=1S/C30H50ClNO11/c31-7-3-1-2-4-8-34-9-10-35-11-12-36-13-14-38-19-20-41-26-30(33)32-27-5-6-28-29(25-27)43-24-22-40-18-16-37-15-17-39-21-23-42-28/h5-6,25H,1-4,7-24,26H2,(H,32,33). The van der Waals surface area contributed by atoms with Crippen LogP contribution in [0.4, 0.5) is 5.69 Å². The summed E-state index contributed by atoms with van der Waals surface area (Å²) >= 11 is 5.65. The molecule has 12 nitrogen and oxygen atoms in total. The second kappa shape index (κ2) is 27.8. The average molecular weight is 636 g/mol. The molecule has 43 heavy (non-hydrogen) atoms. The summed E-state index contributed by atoms with van der Waals surface area (Å²) in [6, 6.07) is 5.21. The molecule has 0 fully saturated rings. The molecule has 0 saturated carbocycles. The molecule has 2 rings (SSSR count). The van der Waals surface area contributed by atoms with E-state index in [1.165, 1.54) is 0 Å². The van der Waals surface area contributed by atoms with Gasteiger partial charge in [-0.25, -0.2) is 0 Å². The van der Waals surface area contributed by atoms with Crippen LogP contribution in [0.5, 0.6) is 11.5 Å². The highest BCUT2D eigenvalue weighted by Crippen LogP contribution is 2.30. The summed E-state index contributed by atoms with van der Waals surface area (Å²) in [5, 5.41) is 2.81. The highest BCUT2D eigenvalue weighted by molar-refractivity contribution is 6.17. The number of amides is 1. The molecule has 0 saturated heterocycles. The Morgan fingerprint density at radius 1 is 0.605 bits per heavy atom. The molecular formula is C30H50ClNO11. The van der Waals surface area contributed by atoms with E-state index in [9.17, 15) is 4.79 Å².